The van der Waals surface area contributed by atoms with Gasteiger partial charge in [-0.15, -0.1) is 0 Å². The van der Waals surface area contributed by atoms with Gasteiger partial charge in [0.25, 0.3) is 0 Å². The summed E-state index contributed by atoms with van der Waals surface area (Å²) >= 11 is 0. The maximum Gasteiger partial charge on any atom is 0.140 e. The van der Waals surface area contributed by atoms with Crippen LogP contribution in [0.2, 0.25) is 0 Å². The number of nitrogens with one attached hydrogen (secondary N) is 1. The minimum Gasteiger partial charge on any atom is -0.508 e. The van der Waals surface area contributed by atoms with Crippen molar-refractivity contribution in [2.45, 2.75) is 43.9 Å². The van der Waals surface area contributed by atoms with Crippen LogP contribution in [-0.4, -0.2) is 34.7 Å². The molecule has 5 heteroatoms. The number of aromatic hydroxyl groups is 1. The zero-order valence-corrected chi connectivity index (χ0v) is 14.6. The number of hydrogen-bond donors (Lipinski definition) is 2. The van der Waals surface area contributed by atoms with Gasteiger partial charge in [-0.1, -0.05) is 6.92 Å². The van der Waals surface area contributed by atoms with E-state index in [1.807, 2.05) is 6.07 Å². The van der Waals surface area contributed by atoms with Gasteiger partial charge in [0.15, 0.2) is 0 Å². The van der Waals surface area contributed by atoms with E-state index in [2.05, 4.69) is 28.2 Å². The molecule has 1 aliphatic carbocycles. The third-order valence-corrected chi connectivity index (χ3v) is 6.37. The molecule has 0 bridgehead atoms. The Balaban J connectivity index is 1.67. The number of nitrogens with zero attached hydrogens (tertiary/aromatic N) is 3. The van der Waals surface area contributed by atoms with Crippen LogP contribution < -0.4 is 10.2 Å². The third-order valence-electron chi connectivity index (χ3n) is 6.37. The van der Waals surface area contributed by atoms with Crippen LogP contribution in [0.25, 0.3) is 0 Å². The fraction of sp³-hybridized carbons (Fsp3) is 0.500. The van der Waals surface area contributed by atoms with E-state index >= 15 is 0 Å². The molecule has 0 unspecified atom stereocenters. The Hall–Kier alpha value is -2.14. The highest BCUT2D eigenvalue weighted by molar-refractivity contribution is 5.74. The van der Waals surface area contributed by atoms with Crippen LogP contribution in [0, 0.1) is 0 Å². The van der Waals surface area contributed by atoms with Crippen molar-refractivity contribution in [1.29, 1.82) is 0 Å². The van der Waals surface area contributed by atoms with Crippen LogP contribution in [-0.2, 0) is 11.8 Å². The first-order valence-electron chi connectivity index (χ1n) is 9.33. The number of phenolic OH excluding ortho intramolecular Hbond substituents is 1. The molecule has 2 N–H and O–H groups in total. The van der Waals surface area contributed by atoms with Gasteiger partial charge in [0.2, 0.25) is 0 Å². The highest BCUT2D eigenvalue weighted by Crippen LogP contribution is 2.51. The Morgan fingerprint density at radius 2 is 2.08 bits per heavy atom. The van der Waals surface area contributed by atoms with E-state index < -0.39 is 0 Å². The molecule has 1 spiro atoms. The summed E-state index contributed by atoms with van der Waals surface area (Å²) in [6.45, 7) is 5.29. The molecule has 3 heterocycles. The molecule has 1 aromatic heterocycles. The SMILES string of the molecule is C[C@@H]1CCc2ncnc(N3CC4(CCNCC4)c4cc(O)ccc43)c21. The van der Waals surface area contributed by atoms with E-state index in [1.165, 1.54) is 22.5 Å². The van der Waals surface area contributed by atoms with E-state index in [0.29, 0.717) is 11.7 Å². The number of anilines is 2. The monoisotopic (exact) mass is 336 g/mol. The molecule has 2 aliphatic heterocycles. The Bertz CT molecular complexity index is 828. The molecule has 1 saturated heterocycles. The molecule has 0 saturated carbocycles. The predicted octanol–water partition coefficient (Wildman–Crippen LogP) is 3.00. The summed E-state index contributed by atoms with van der Waals surface area (Å²) in [5, 5.41) is 13.6. The van der Waals surface area contributed by atoms with Gasteiger partial charge < -0.3 is 15.3 Å². The first-order chi connectivity index (χ1) is 12.2. The number of aromatic nitrogens is 2. The highest BCUT2D eigenvalue weighted by Gasteiger charge is 2.45. The van der Waals surface area contributed by atoms with E-state index in [-0.39, 0.29) is 5.41 Å². The van der Waals surface area contributed by atoms with E-state index in [9.17, 15) is 5.11 Å². The highest BCUT2D eigenvalue weighted by atomic mass is 16.3. The van der Waals surface area contributed by atoms with E-state index in [4.69, 9.17) is 4.98 Å². The lowest BCUT2D eigenvalue weighted by molar-refractivity contribution is 0.328. The molecule has 1 aromatic carbocycles. The predicted molar refractivity (Wildman–Crippen MR) is 97.7 cm³/mol. The molecule has 5 nitrogen and oxygen atoms in total. The standard InChI is InChI=1S/C20H24N4O/c1-13-2-4-16-18(13)19(23-12-22-16)24-11-20(6-8-21-9-7-20)15-10-14(25)3-5-17(15)24/h3,5,10,12-13,21,25H,2,4,6-9,11H2,1H3/t13-/m1/s1. The summed E-state index contributed by atoms with van der Waals surface area (Å²) in [7, 11) is 0. The molecule has 130 valence electrons. The number of fused-ring (bicyclic) bond motifs is 3. The maximum atomic E-state index is 10.1. The zero-order valence-electron chi connectivity index (χ0n) is 14.6. The summed E-state index contributed by atoms with van der Waals surface area (Å²) in [4.78, 5) is 11.6. The average Bonchev–Trinajstić information content (AvgIpc) is 3.15. The second-order valence-electron chi connectivity index (χ2n) is 7.82. The lowest BCUT2D eigenvalue weighted by Crippen LogP contribution is -2.42. The average molecular weight is 336 g/mol. The molecule has 5 rings (SSSR count). The Kier molecular flexibility index (Phi) is 3.29. The molecule has 0 radical (unpaired) electrons. The van der Waals surface area contributed by atoms with Crippen LogP contribution in [0.5, 0.6) is 5.75 Å². The minimum atomic E-state index is 0.110. The molecule has 2 aromatic rings. The number of rotatable bonds is 1. The summed E-state index contributed by atoms with van der Waals surface area (Å²) in [6, 6.07) is 5.85. The largest absolute Gasteiger partial charge is 0.508 e. The quantitative estimate of drug-likeness (QED) is 0.838. The molecule has 1 fully saturated rings. The Morgan fingerprint density at radius 3 is 2.92 bits per heavy atom. The fourth-order valence-corrected chi connectivity index (χ4v) is 5.02. The molecule has 25 heavy (non-hydrogen) atoms. The van der Waals surface area contributed by atoms with Gasteiger partial charge in [-0.25, -0.2) is 9.97 Å². The van der Waals surface area contributed by atoms with Crippen molar-refractivity contribution < 1.29 is 5.11 Å². The van der Waals surface area contributed by atoms with Crippen LogP contribution in [0.4, 0.5) is 11.5 Å². The van der Waals surface area contributed by atoms with Crippen LogP contribution in [0.15, 0.2) is 24.5 Å². The number of aryl methyl sites for hydroxylation is 1. The fourth-order valence-electron chi connectivity index (χ4n) is 5.02. The lowest BCUT2D eigenvalue weighted by Gasteiger charge is -2.35. The number of hydrogen-bond acceptors (Lipinski definition) is 5. The molecule has 0 amide bonds. The minimum absolute atomic E-state index is 0.110. The maximum absolute atomic E-state index is 10.1. The second-order valence-corrected chi connectivity index (χ2v) is 7.82. The number of piperidine rings is 1. The first-order valence-corrected chi connectivity index (χ1v) is 9.33. The summed E-state index contributed by atoms with van der Waals surface area (Å²) in [5.41, 5.74) is 5.14. The lowest BCUT2D eigenvalue weighted by atomic mass is 9.75. The van der Waals surface area contributed by atoms with E-state index in [0.717, 1.165) is 51.1 Å². The zero-order chi connectivity index (χ0) is 17.0. The van der Waals surface area contributed by atoms with Gasteiger partial charge in [0.05, 0.1) is 0 Å². The second kappa shape index (κ2) is 5.43. The molecular formula is C20H24N4O. The number of phenols is 1. The van der Waals surface area contributed by atoms with Crippen molar-refractivity contribution in [3.05, 3.63) is 41.3 Å². The van der Waals surface area contributed by atoms with Crippen LogP contribution >= 0.6 is 0 Å². The molecule has 3 aliphatic rings. The summed E-state index contributed by atoms with van der Waals surface area (Å²) in [6.07, 6.45) is 6.13. The van der Waals surface area contributed by atoms with E-state index in [1.54, 1.807) is 12.4 Å². The molecule has 1 atom stereocenters. The van der Waals surface area contributed by atoms with Crippen molar-refractivity contribution in [3.63, 3.8) is 0 Å². The van der Waals surface area contributed by atoms with Gasteiger partial charge >= 0.3 is 0 Å². The first kappa shape index (κ1) is 15.1. The van der Waals surface area contributed by atoms with Crippen LogP contribution in [0.1, 0.15) is 48.9 Å². The van der Waals surface area contributed by atoms with Gasteiger partial charge in [-0.2, -0.15) is 0 Å². The third kappa shape index (κ3) is 2.18. The number of benzene rings is 1. The van der Waals surface area contributed by atoms with Gasteiger partial charge in [-0.05, 0) is 68.5 Å². The van der Waals surface area contributed by atoms with Gasteiger partial charge in [0, 0.05) is 28.9 Å². The van der Waals surface area contributed by atoms with Gasteiger partial charge in [0.1, 0.15) is 17.9 Å². The van der Waals surface area contributed by atoms with Crippen molar-refractivity contribution in [1.82, 2.24) is 15.3 Å². The topological polar surface area (TPSA) is 61.3 Å². The van der Waals surface area contributed by atoms with Gasteiger partial charge in [-0.3, -0.25) is 0 Å². The molecular weight excluding hydrogens is 312 g/mol. The smallest absolute Gasteiger partial charge is 0.140 e. The van der Waals surface area contributed by atoms with Crippen molar-refractivity contribution in [3.8, 4) is 5.75 Å². The normalized spacial score (nSPS) is 23.7. The van der Waals surface area contributed by atoms with Crippen molar-refractivity contribution in [2.75, 3.05) is 24.5 Å². The van der Waals surface area contributed by atoms with Crippen molar-refractivity contribution in [2.24, 2.45) is 0 Å². The summed E-state index contributed by atoms with van der Waals surface area (Å²) < 4.78 is 0. The Morgan fingerprint density at radius 1 is 1.24 bits per heavy atom. The summed E-state index contributed by atoms with van der Waals surface area (Å²) in [5.74, 6) is 1.95. The van der Waals surface area contributed by atoms with Crippen molar-refractivity contribution >= 4 is 11.5 Å². The Labute approximate surface area is 148 Å². The van der Waals surface area contributed by atoms with Crippen LogP contribution in [0.3, 0.4) is 0 Å².